The van der Waals surface area contributed by atoms with E-state index in [0.717, 1.165) is 5.56 Å². The molecule has 0 bridgehead atoms. The molecule has 1 aromatic carbocycles. The molecule has 1 amide bonds. The van der Waals surface area contributed by atoms with Gasteiger partial charge in [-0.25, -0.2) is 4.39 Å². The van der Waals surface area contributed by atoms with Crippen molar-refractivity contribution >= 4 is 40.0 Å². The first-order valence-electron chi connectivity index (χ1n) is 9.47. The summed E-state index contributed by atoms with van der Waals surface area (Å²) in [5, 5.41) is 1.24. The van der Waals surface area contributed by atoms with Gasteiger partial charge >= 0.3 is 0 Å². The molecule has 0 saturated carbocycles. The van der Waals surface area contributed by atoms with Crippen LogP contribution in [0.4, 0.5) is 4.39 Å². The van der Waals surface area contributed by atoms with Gasteiger partial charge in [0.05, 0.1) is 27.5 Å². The normalized spacial score (nSPS) is 16.5. The molecule has 1 fully saturated rings. The van der Waals surface area contributed by atoms with E-state index in [-0.39, 0.29) is 31.3 Å². The van der Waals surface area contributed by atoms with Crippen molar-refractivity contribution in [3.63, 3.8) is 0 Å². The molecule has 9 heteroatoms. The molecular formula is C21H20Cl2FN3O3. The number of rotatable bonds is 5. The fourth-order valence-electron chi connectivity index (χ4n) is 3.79. The Morgan fingerprint density at radius 2 is 2.03 bits per heavy atom. The smallest absolute Gasteiger partial charge is 0.261 e. The van der Waals surface area contributed by atoms with Gasteiger partial charge in [-0.1, -0.05) is 29.3 Å². The molecule has 1 atom stereocenters. The molecule has 1 saturated heterocycles. The van der Waals surface area contributed by atoms with Gasteiger partial charge in [0.25, 0.3) is 5.56 Å². The van der Waals surface area contributed by atoms with Crippen LogP contribution in [0.5, 0.6) is 0 Å². The predicted molar refractivity (Wildman–Crippen MR) is 115 cm³/mol. The summed E-state index contributed by atoms with van der Waals surface area (Å²) in [5.74, 6) is -0.274. The zero-order valence-electron chi connectivity index (χ0n) is 16.3. The average Bonchev–Trinajstić information content (AvgIpc) is 3.31. The Bertz CT molecular complexity index is 1170. The van der Waals surface area contributed by atoms with Gasteiger partial charge in [-0.2, -0.15) is 0 Å². The number of aromatic nitrogens is 2. The Kier molecular flexibility index (Phi) is 5.86. The maximum Gasteiger partial charge on any atom is 0.261 e. The number of hydrogen-bond donors (Lipinski definition) is 0. The second kappa shape index (κ2) is 8.41. The summed E-state index contributed by atoms with van der Waals surface area (Å²) in [6.45, 7) is 0.563. The molecule has 4 rings (SSSR count). The Balaban J connectivity index is 1.79. The number of fused-ring (bicyclic) bond motifs is 1. The fourth-order valence-corrected chi connectivity index (χ4v) is 4.09. The molecular weight excluding hydrogens is 432 g/mol. The van der Waals surface area contributed by atoms with E-state index in [0.29, 0.717) is 39.5 Å². The second-order valence-corrected chi connectivity index (χ2v) is 8.11. The van der Waals surface area contributed by atoms with E-state index in [2.05, 4.69) is 0 Å². The zero-order chi connectivity index (χ0) is 21.4. The van der Waals surface area contributed by atoms with Gasteiger partial charge in [0, 0.05) is 31.6 Å². The Labute approximate surface area is 182 Å². The molecule has 3 aromatic rings. The average molecular weight is 452 g/mol. The van der Waals surface area contributed by atoms with Crippen LogP contribution in [0.3, 0.4) is 0 Å². The number of nitrogens with zero attached hydrogens (tertiary/aromatic N) is 3. The summed E-state index contributed by atoms with van der Waals surface area (Å²) in [6, 6.07) is 6.92. The number of ether oxygens (including phenoxy) is 1. The lowest BCUT2D eigenvalue weighted by Crippen LogP contribution is -2.35. The van der Waals surface area contributed by atoms with Crippen LogP contribution in [0.1, 0.15) is 6.42 Å². The van der Waals surface area contributed by atoms with Crippen LogP contribution in [-0.4, -0.2) is 46.3 Å². The quantitative estimate of drug-likeness (QED) is 0.589. The first kappa shape index (κ1) is 20.9. The van der Waals surface area contributed by atoms with Gasteiger partial charge in [-0.15, -0.1) is 0 Å². The third kappa shape index (κ3) is 3.85. The number of alkyl halides is 1. The van der Waals surface area contributed by atoms with Crippen LogP contribution in [0.2, 0.25) is 10.0 Å². The summed E-state index contributed by atoms with van der Waals surface area (Å²) >= 11 is 12.2. The van der Waals surface area contributed by atoms with Crippen LogP contribution >= 0.6 is 23.2 Å². The number of benzene rings is 1. The third-order valence-corrected chi connectivity index (χ3v) is 6.03. The van der Waals surface area contributed by atoms with Crippen LogP contribution in [0.15, 0.2) is 41.5 Å². The van der Waals surface area contributed by atoms with Crippen molar-refractivity contribution in [2.75, 3.05) is 20.2 Å². The number of pyridine rings is 1. The molecule has 0 N–H and O–H groups in total. The zero-order valence-corrected chi connectivity index (χ0v) is 17.8. The molecule has 6 nitrogen and oxygen atoms in total. The highest BCUT2D eigenvalue weighted by Gasteiger charge is 2.26. The summed E-state index contributed by atoms with van der Waals surface area (Å²) < 4.78 is 21.9. The molecule has 0 spiro atoms. The van der Waals surface area contributed by atoms with E-state index in [4.69, 9.17) is 27.9 Å². The van der Waals surface area contributed by atoms with E-state index >= 15 is 0 Å². The highest BCUT2D eigenvalue weighted by atomic mass is 35.5. The Morgan fingerprint density at radius 1 is 1.23 bits per heavy atom. The SMILES string of the molecule is COCn1cc(-c2ccc(Cl)c(Cl)c2)c2c(=O)n(CC(=O)N3CCC(F)C3)ccc21. The van der Waals surface area contributed by atoms with Crippen molar-refractivity contribution < 1.29 is 13.9 Å². The number of carbonyl (C=O) groups excluding carboxylic acids is 1. The van der Waals surface area contributed by atoms with Gasteiger partial charge in [-0.05, 0) is 30.2 Å². The van der Waals surface area contributed by atoms with E-state index in [1.54, 1.807) is 37.6 Å². The monoisotopic (exact) mass is 451 g/mol. The maximum absolute atomic E-state index is 13.4. The van der Waals surface area contributed by atoms with Crippen molar-refractivity contribution in [2.45, 2.75) is 25.9 Å². The van der Waals surface area contributed by atoms with Crippen LogP contribution < -0.4 is 5.56 Å². The van der Waals surface area contributed by atoms with Crippen molar-refractivity contribution in [1.82, 2.24) is 14.0 Å². The summed E-state index contributed by atoms with van der Waals surface area (Å²) in [4.78, 5) is 27.3. The van der Waals surface area contributed by atoms with E-state index in [1.165, 1.54) is 9.47 Å². The number of methoxy groups -OCH3 is 1. The molecule has 0 aliphatic carbocycles. The molecule has 1 aliphatic heterocycles. The molecule has 30 heavy (non-hydrogen) atoms. The molecule has 1 unspecified atom stereocenters. The van der Waals surface area contributed by atoms with E-state index in [1.807, 2.05) is 10.8 Å². The second-order valence-electron chi connectivity index (χ2n) is 7.29. The third-order valence-electron chi connectivity index (χ3n) is 5.29. The fraction of sp³-hybridized carbons (Fsp3) is 0.333. The lowest BCUT2D eigenvalue weighted by Gasteiger charge is -2.16. The highest BCUT2D eigenvalue weighted by Crippen LogP contribution is 2.33. The predicted octanol–water partition coefficient (Wildman–Crippen LogP) is 3.95. The van der Waals surface area contributed by atoms with Crippen LogP contribution in [0, 0.1) is 0 Å². The molecule has 0 radical (unpaired) electrons. The minimum absolute atomic E-state index is 0.0779. The number of carbonyl (C=O) groups is 1. The van der Waals surface area contributed by atoms with Crippen molar-refractivity contribution in [2.24, 2.45) is 0 Å². The number of likely N-dealkylation sites (tertiary alicyclic amines) is 1. The van der Waals surface area contributed by atoms with Crippen LogP contribution in [0.25, 0.3) is 22.0 Å². The first-order chi connectivity index (χ1) is 14.4. The largest absolute Gasteiger partial charge is 0.364 e. The van der Waals surface area contributed by atoms with E-state index < -0.39 is 6.17 Å². The molecule has 158 valence electrons. The maximum atomic E-state index is 13.4. The molecule has 2 aromatic heterocycles. The van der Waals surface area contributed by atoms with Crippen LogP contribution in [-0.2, 0) is 22.8 Å². The summed E-state index contributed by atoms with van der Waals surface area (Å²) in [5.41, 5.74) is 1.76. The molecule has 1 aliphatic rings. The van der Waals surface area contributed by atoms with Crippen molar-refractivity contribution in [3.05, 3.63) is 57.1 Å². The minimum Gasteiger partial charge on any atom is -0.364 e. The number of amides is 1. The van der Waals surface area contributed by atoms with Gasteiger partial charge in [-0.3, -0.25) is 9.59 Å². The van der Waals surface area contributed by atoms with Gasteiger partial charge in [0.2, 0.25) is 5.91 Å². The number of hydrogen-bond acceptors (Lipinski definition) is 3. The van der Waals surface area contributed by atoms with E-state index in [9.17, 15) is 14.0 Å². The first-order valence-corrected chi connectivity index (χ1v) is 10.2. The standard InChI is InChI=1S/C21H20Cl2FN3O3/c1-30-12-27-10-15(13-2-3-16(22)17(23)8-13)20-18(27)5-7-26(21(20)29)11-19(28)25-6-4-14(24)9-25/h2-3,5,7-8,10,14H,4,6,9,11-12H2,1H3. The topological polar surface area (TPSA) is 56.5 Å². The lowest BCUT2D eigenvalue weighted by atomic mass is 10.1. The lowest BCUT2D eigenvalue weighted by molar-refractivity contribution is -0.131. The summed E-state index contributed by atoms with van der Waals surface area (Å²) in [6.07, 6.45) is 2.73. The Hall–Kier alpha value is -2.35. The van der Waals surface area contributed by atoms with Gasteiger partial charge < -0.3 is 18.8 Å². The molecule has 3 heterocycles. The highest BCUT2D eigenvalue weighted by molar-refractivity contribution is 6.42. The van der Waals surface area contributed by atoms with Crippen molar-refractivity contribution in [1.29, 1.82) is 0 Å². The minimum atomic E-state index is -1.00. The Morgan fingerprint density at radius 3 is 2.70 bits per heavy atom. The number of halogens is 3. The van der Waals surface area contributed by atoms with Gasteiger partial charge in [0.1, 0.15) is 19.4 Å². The van der Waals surface area contributed by atoms with Gasteiger partial charge in [0.15, 0.2) is 0 Å². The van der Waals surface area contributed by atoms with Crippen molar-refractivity contribution in [3.8, 4) is 11.1 Å². The summed E-state index contributed by atoms with van der Waals surface area (Å²) in [7, 11) is 1.57.